The standard InChI is InChI=1S/C21H22ClN3OS/c1-13-4-9-17-16(12-13)18-19(27-17)23-21(24-10-2-3-11-24)25(20(18)26)15-7-5-14(22)6-8-15/h5-8,13H,2-4,9-12H2,1H3/t13-/m0/s1. The van der Waals surface area contributed by atoms with Crippen molar-refractivity contribution in [1.29, 1.82) is 0 Å². The largest absolute Gasteiger partial charge is 0.342 e. The number of aryl methyl sites for hydroxylation is 1. The van der Waals surface area contributed by atoms with Gasteiger partial charge in [-0.05, 0) is 67.9 Å². The Hall–Kier alpha value is -1.85. The SMILES string of the molecule is C[C@H]1CCc2sc3nc(N4CCCC4)n(-c4ccc(Cl)cc4)c(=O)c3c2C1. The first-order valence-electron chi connectivity index (χ1n) is 9.70. The number of anilines is 1. The van der Waals surface area contributed by atoms with Crippen molar-refractivity contribution in [2.45, 2.75) is 39.0 Å². The van der Waals surface area contributed by atoms with Gasteiger partial charge >= 0.3 is 0 Å². The minimum absolute atomic E-state index is 0.0656. The summed E-state index contributed by atoms with van der Waals surface area (Å²) in [5, 5.41) is 1.50. The molecule has 0 spiro atoms. The molecule has 1 saturated heterocycles. The molecular weight excluding hydrogens is 378 g/mol. The maximum atomic E-state index is 13.7. The molecule has 0 bridgehead atoms. The van der Waals surface area contributed by atoms with E-state index in [1.54, 1.807) is 15.9 Å². The number of nitrogens with zero attached hydrogens (tertiary/aromatic N) is 3. The molecule has 0 amide bonds. The molecule has 6 heteroatoms. The number of aromatic nitrogens is 2. The number of thiophene rings is 1. The van der Waals surface area contributed by atoms with Crippen LogP contribution in [0.2, 0.25) is 5.02 Å². The molecule has 1 aliphatic carbocycles. The van der Waals surface area contributed by atoms with Gasteiger partial charge in [0.1, 0.15) is 4.83 Å². The van der Waals surface area contributed by atoms with Crippen LogP contribution in [0.15, 0.2) is 29.1 Å². The minimum atomic E-state index is 0.0656. The molecular formula is C21H22ClN3OS. The number of rotatable bonds is 2. The van der Waals surface area contributed by atoms with E-state index in [0.29, 0.717) is 10.9 Å². The third-order valence-electron chi connectivity index (χ3n) is 5.78. The molecule has 140 valence electrons. The maximum absolute atomic E-state index is 13.7. The van der Waals surface area contributed by atoms with Crippen molar-refractivity contribution in [2.24, 2.45) is 5.92 Å². The lowest BCUT2D eigenvalue weighted by Crippen LogP contribution is -2.30. The van der Waals surface area contributed by atoms with Crippen LogP contribution in [-0.4, -0.2) is 22.6 Å². The molecule has 0 unspecified atom stereocenters. The fraction of sp³-hybridized carbons (Fsp3) is 0.429. The summed E-state index contributed by atoms with van der Waals surface area (Å²) in [5.41, 5.74) is 2.14. The van der Waals surface area contributed by atoms with E-state index in [-0.39, 0.29) is 5.56 Å². The van der Waals surface area contributed by atoms with Crippen LogP contribution in [0.25, 0.3) is 15.9 Å². The summed E-state index contributed by atoms with van der Waals surface area (Å²) in [5.74, 6) is 1.40. The van der Waals surface area contributed by atoms with E-state index in [4.69, 9.17) is 16.6 Å². The Bertz CT molecular complexity index is 1060. The minimum Gasteiger partial charge on any atom is -0.342 e. The van der Waals surface area contributed by atoms with Crippen molar-refractivity contribution in [3.05, 3.63) is 50.1 Å². The highest BCUT2D eigenvalue weighted by atomic mass is 35.5. The van der Waals surface area contributed by atoms with Gasteiger partial charge in [0, 0.05) is 23.0 Å². The number of benzene rings is 1. The highest BCUT2D eigenvalue weighted by molar-refractivity contribution is 7.18. The van der Waals surface area contributed by atoms with Gasteiger partial charge in [0.25, 0.3) is 5.56 Å². The topological polar surface area (TPSA) is 38.1 Å². The Morgan fingerprint density at radius 3 is 2.67 bits per heavy atom. The van der Waals surface area contributed by atoms with Crippen LogP contribution in [0.1, 0.15) is 36.6 Å². The van der Waals surface area contributed by atoms with Crippen LogP contribution in [0.5, 0.6) is 0 Å². The van der Waals surface area contributed by atoms with E-state index >= 15 is 0 Å². The van der Waals surface area contributed by atoms with E-state index in [0.717, 1.165) is 60.6 Å². The number of hydrogen-bond donors (Lipinski definition) is 0. The normalized spacial score (nSPS) is 19.6. The monoisotopic (exact) mass is 399 g/mol. The van der Waals surface area contributed by atoms with E-state index < -0.39 is 0 Å². The molecule has 1 aliphatic heterocycles. The van der Waals surface area contributed by atoms with Crippen LogP contribution < -0.4 is 10.5 Å². The molecule has 2 aromatic heterocycles. The molecule has 3 heterocycles. The average Bonchev–Trinajstić information content (AvgIpc) is 3.30. The van der Waals surface area contributed by atoms with E-state index in [2.05, 4.69) is 11.8 Å². The van der Waals surface area contributed by atoms with Crippen molar-refractivity contribution < 1.29 is 0 Å². The smallest absolute Gasteiger partial charge is 0.268 e. The summed E-state index contributed by atoms with van der Waals surface area (Å²) in [6, 6.07) is 7.51. The summed E-state index contributed by atoms with van der Waals surface area (Å²) < 4.78 is 1.80. The highest BCUT2D eigenvalue weighted by Gasteiger charge is 2.27. The molecule has 1 atom stereocenters. The zero-order chi connectivity index (χ0) is 18.5. The Balaban J connectivity index is 1.80. The fourth-order valence-corrected chi connectivity index (χ4v) is 5.67. The van der Waals surface area contributed by atoms with Crippen LogP contribution in [-0.2, 0) is 12.8 Å². The van der Waals surface area contributed by atoms with E-state index in [9.17, 15) is 4.79 Å². The summed E-state index contributed by atoms with van der Waals surface area (Å²) in [4.78, 5) is 23.2. The van der Waals surface area contributed by atoms with Gasteiger partial charge < -0.3 is 4.90 Å². The van der Waals surface area contributed by atoms with Gasteiger partial charge in [-0.25, -0.2) is 9.55 Å². The lowest BCUT2D eigenvalue weighted by Gasteiger charge is -2.22. The molecule has 5 rings (SSSR count). The summed E-state index contributed by atoms with van der Waals surface area (Å²) in [6.45, 7) is 4.18. The third kappa shape index (κ3) is 2.88. The number of fused-ring (bicyclic) bond motifs is 3. The van der Waals surface area contributed by atoms with Crippen molar-refractivity contribution >= 4 is 39.1 Å². The Kier molecular flexibility index (Phi) is 4.25. The van der Waals surface area contributed by atoms with Gasteiger partial charge in [-0.3, -0.25) is 4.79 Å². The second kappa shape index (κ2) is 6.64. The van der Waals surface area contributed by atoms with Gasteiger partial charge in [0.15, 0.2) is 0 Å². The van der Waals surface area contributed by atoms with Gasteiger partial charge in [-0.2, -0.15) is 0 Å². The van der Waals surface area contributed by atoms with Gasteiger partial charge in [-0.1, -0.05) is 18.5 Å². The fourth-order valence-electron chi connectivity index (χ4n) is 4.34. The second-order valence-corrected chi connectivity index (χ2v) is 9.27. The molecule has 1 fully saturated rings. The molecule has 3 aromatic rings. The molecule has 0 radical (unpaired) electrons. The van der Waals surface area contributed by atoms with Gasteiger partial charge in [-0.15, -0.1) is 11.3 Å². The summed E-state index contributed by atoms with van der Waals surface area (Å²) in [6.07, 6.45) is 5.54. The summed E-state index contributed by atoms with van der Waals surface area (Å²) >= 11 is 7.81. The Morgan fingerprint density at radius 2 is 1.93 bits per heavy atom. The van der Waals surface area contributed by atoms with Crippen molar-refractivity contribution in [3.63, 3.8) is 0 Å². The van der Waals surface area contributed by atoms with Gasteiger partial charge in [0.05, 0.1) is 11.1 Å². The summed E-state index contributed by atoms with van der Waals surface area (Å²) in [7, 11) is 0. The molecule has 27 heavy (non-hydrogen) atoms. The highest BCUT2D eigenvalue weighted by Crippen LogP contribution is 2.37. The van der Waals surface area contributed by atoms with Crippen LogP contribution in [0.4, 0.5) is 5.95 Å². The molecule has 2 aliphatic rings. The number of halogens is 1. The first-order valence-corrected chi connectivity index (χ1v) is 10.9. The lowest BCUT2D eigenvalue weighted by molar-refractivity contribution is 0.508. The molecule has 1 aromatic carbocycles. The Labute approximate surface area is 167 Å². The van der Waals surface area contributed by atoms with Crippen LogP contribution in [0.3, 0.4) is 0 Å². The quantitative estimate of drug-likeness (QED) is 0.619. The maximum Gasteiger partial charge on any atom is 0.268 e. The molecule has 4 nitrogen and oxygen atoms in total. The average molecular weight is 400 g/mol. The van der Waals surface area contributed by atoms with Crippen molar-refractivity contribution in [2.75, 3.05) is 18.0 Å². The van der Waals surface area contributed by atoms with Gasteiger partial charge in [0.2, 0.25) is 5.95 Å². The van der Waals surface area contributed by atoms with Crippen LogP contribution >= 0.6 is 22.9 Å². The first-order chi connectivity index (χ1) is 13.1. The zero-order valence-electron chi connectivity index (χ0n) is 15.4. The molecule has 0 saturated carbocycles. The number of hydrogen-bond acceptors (Lipinski definition) is 4. The van der Waals surface area contributed by atoms with E-state index in [1.807, 2.05) is 24.3 Å². The predicted octanol–water partition coefficient (Wildman–Crippen LogP) is 4.83. The third-order valence-corrected chi connectivity index (χ3v) is 7.22. The second-order valence-electron chi connectivity index (χ2n) is 7.75. The van der Waals surface area contributed by atoms with E-state index in [1.165, 1.54) is 16.9 Å². The lowest BCUT2D eigenvalue weighted by atomic mass is 9.89. The van der Waals surface area contributed by atoms with Crippen molar-refractivity contribution in [3.8, 4) is 5.69 Å². The predicted molar refractivity (Wildman–Crippen MR) is 113 cm³/mol. The van der Waals surface area contributed by atoms with Crippen LogP contribution in [0, 0.1) is 5.92 Å². The Morgan fingerprint density at radius 1 is 1.19 bits per heavy atom. The zero-order valence-corrected chi connectivity index (χ0v) is 16.9. The van der Waals surface area contributed by atoms with Crippen molar-refractivity contribution in [1.82, 2.24) is 9.55 Å². The molecule has 0 N–H and O–H groups in total. The first kappa shape index (κ1) is 17.3.